The molecule has 0 aliphatic heterocycles. The standard InChI is InChI=1S/C43H29N5O12/c1-44(2)27-13-11-24(12-14-27)23-43-34-9-5-3-7-32(34)38(33-8-4-6-10-35(33)43)39-36(59-41(49)25-17-28(45(51)52)21-29(18-25)46(53)54)15-16-37(40(39)43)60-42(50)26-19-30(47(55)56)22-31(20-26)48(57)58/h3-22,38H,23H2,1-2H3. The first kappa shape index (κ1) is 38.5. The molecule has 0 radical (unpaired) electrons. The van der Waals surface area contributed by atoms with E-state index in [1.165, 1.54) is 12.1 Å². The molecule has 298 valence electrons. The minimum Gasteiger partial charge on any atom is -0.423 e. The smallest absolute Gasteiger partial charge is 0.344 e. The number of nitrogens with zero attached hydrogens (tertiary/aromatic N) is 5. The molecule has 9 rings (SSSR count). The fraction of sp³-hybridized carbons (Fsp3) is 0.116. The Morgan fingerprint density at radius 3 is 1.43 bits per heavy atom. The molecule has 3 aliphatic rings. The summed E-state index contributed by atoms with van der Waals surface area (Å²) in [5.41, 5.74) is 0.915. The number of non-ortho nitro benzene ring substituents is 4. The summed E-state index contributed by atoms with van der Waals surface area (Å²) in [6.45, 7) is 0. The van der Waals surface area contributed by atoms with Crippen LogP contribution in [0.25, 0.3) is 0 Å². The maximum absolute atomic E-state index is 14.1. The molecule has 6 aromatic carbocycles. The third-order valence-electron chi connectivity index (χ3n) is 10.8. The minimum absolute atomic E-state index is 0.0451. The van der Waals surface area contributed by atoms with Crippen LogP contribution in [0, 0.1) is 40.5 Å². The summed E-state index contributed by atoms with van der Waals surface area (Å²) in [6, 6.07) is 30.7. The molecule has 60 heavy (non-hydrogen) atoms. The number of esters is 2. The van der Waals surface area contributed by atoms with Crippen LogP contribution in [0.4, 0.5) is 28.4 Å². The first-order chi connectivity index (χ1) is 28.7. The molecule has 0 aromatic heterocycles. The number of ether oxygens (including phenoxy) is 2. The number of hydrogen-bond donors (Lipinski definition) is 0. The minimum atomic E-state index is -1.19. The molecule has 0 atom stereocenters. The van der Waals surface area contributed by atoms with Gasteiger partial charge >= 0.3 is 11.9 Å². The van der Waals surface area contributed by atoms with Gasteiger partial charge in [-0.1, -0.05) is 60.7 Å². The summed E-state index contributed by atoms with van der Waals surface area (Å²) >= 11 is 0. The number of anilines is 1. The van der Waals surface area contributed by atoms with Gasteiger partial charge in [-0.05, 0) is 58.5 Å². The molecule has 0 saturated carbocycles. The lowest BCUT2D eigenvalue weighted by atomic mass is 9.51. The molecule has 6 aromatic rings. The van der Waals surface area contributed by atoms with E-state index in [1.54, 1.807) is 0 Å². The summed E-state index contributed by atoms with van der Waals surface area (Å²) in [5, 5.41) is 46.9. The second-order valence-electron chi connectivity index (χ2n) is 14.4. The molecule has 0 amide bonds. The van der Waals surface area contributed by atoms with Crippen LogP contribution in [0.2, 0.25) is 0 Å². The van der Waals surface area contributed by atoms with Crippen molar-refractivity contribution in [3.63, 3.8) is 0 Å². The van der Waals surface area contributed by atoms with E-state index in [0.29, 0.717) is 11.1 Å². The zero-order valence-corrected chi connectivity index (χ0v) is 31.5. The summed E-state index contributed by atoms with van der Waals surface area (Å²) in [5.74, 6) is -3.05. The van der Waals surface area contributed by atoms with Crippen molar-refractivity contribution >= 4 is 40.4 Å². The van der Waals surface area contributed by atoms with E-state index in [4.69, 9.17) is 9.47 Å². The van der Waals surface area contributed by atoms with Gasteiger partial charge in [-0.25, -0.2) is 9.59 Å². The van der Waals surface area contributed by atoms with Crippen molar-refractivity contribution in [1.29, 1.82) is 0 Å². The monoisotopic (exact) mass is 807 g/mol. The lowest BCUT2D eigenvalue weighted by Gasteiger charge is -2.51. The Kier molecular flexibility index (Phi) is 9.34. The van der Waals surface area contributed by atoms with Gasteiger partial charge in [0.05, 0.1) is 48.4 Å². The van der Waals surface area contributed by atoms with Crippen LogP contribution in [0.5, 0.6) is 11.5 Å². The highest BCUT2D eigenvalue weighted by Crippen LogP contribution is 2.64. The number of carbonyl (C=O) groups is 2. The zero-order chi connectivity index (χ0) is 42.6. The Balaban J connectivity index is 1.38. The second-order valence-corrected chi connectivity index (χ2v) is 14.4. The quantitative estimate of drug-likeness (QED) is 0.0521. The Hall–Kier alpha value is -8.34. The van der Waals surface area contributed by atoms with E-state index in [9.17, 15) is 50.0 Å². The molecule has 0 fully saturated rings. The largest absolute Gasteiger partial charge is 0.423 e. The van der Waals surface area contributed by atoms with Crippen molar-refractivity contribution in [2.75, 3.05) is 19.0 Å². The predicted molar refractivity (Wildman–Crippen MR) is 214 cm³/mol. The van der Waals surface area contributed by atoms with Gasteiger partial charge in [0.1, 0.15) is 11.5 Å². The third-order valence-corrected chi connectivity index (χ3v) is 10.8. The van der Waals surface area contributed by atoms with Crippen LogP contribution in [-0.4, -0.2) is 45.7 Å². The molecule has 0 spiro atoms. The number of carbonyl (C=O) groups excluding carboxylic acids is 2. The van der Waals surface area contributed by atoms with Crippen LogP contribution in [0.1, 0.15) is 65.6 Å². The van der Waals surface area contributed by atoms with Crippen molar-refractivity contribution in [1.82, 2.24) is 0 Å². The van der Waals surface area contributed by atoms with Crippen LogP contribution >= 0.6 is 0 Å². The van der Waals surface area contributed by atoms with Gasteiger partial charge in [0.25, 0.3) is 22.7 Å². The third kappa shape index (κ3) is 6.39. The summed E-state index contributed by atoms with van der Waals surface area (Å²) in [6.07, 6.45) is 0.260. The number of nitro groups is 4. The van der Waals surface area contributed by atoms with Gasteiger partial charge in [0.15, 0.2) is 0 Å². The van der Waals surface area contributed by atoms with Gasteiger partial charge in [-0.2, -0.15) is 0 Å². The lowest BCUT2D eigenvalue weighted by molar-refractivity contribution is -0.394. The highest BCUT2D eigenvalue weighted by molar-refractivity contribution is 5.95. The van der Waals surface area contributed by atoms with Gasteiger partial charge in [0, 0.05) is 61.1 Å². The highest BCUT2D eigenvalue weighted by Gasteiger charge is 2.54. The Bertz CT molecular complexity index is 2750. The zero-order valence-electron chi connectivity index (χ0n) is 31.5. The van der Waals surface area contributed by atoms with Crippen LogP contribution in [-0.2, 0) is 11.8 Å². The number of hydrogen-bond acceptors (Lipinski definition) is 13. The number of nitro benzene ring substituents is 4. The van der Waals surface area contributed by atoms with Crippen molar-refractivity contribution in [2.24, 2.45) is 0 Å². The maximum Gasteiger partial charge on any atom is 0.344 e. The second kappa shape index (κ2) is 14.6. The molecule has 2 bridgehead atoms. The average Bonchev–Trinajstić information content (AvgIpc) is 3.24. The first-order valence-electron chi connectivity index (χ1n) is 18.1. The van der Waals surface area contributed by atoms with Gasteiger partial charge < -0.3 is 14.4 Å². The summed E-state index contributed by atoms with van der Waals surface area (Å²) < 4.78 is 12.1. The number of rotatable bonds is 11. The van der Waals surface area contributed by atoms with E-state index in [1.807, 2.05) is 91.8 Å². The van der Waals surface area contributed by atoms with Crippen molar-refractivity contribution in [3.05, 3.63) is 212 Å². The van der Waals surface area contributed by atoms with Crippen LogP contribution < -0.4 is 14.4 Å². The SMILES string of the molecule is CN(C)c1ccc(CC23c4ccccc4C(c4ccccc42)c2c(OC(=O)c4cc([N+](=O)[O-])cc([N+](=O)[O-])c4)ccc(OC(=O)c4cc([N+](=O)[O-])cc([N+](=O)[O-])c4)c23)cc1. The molecule has 17 heteroatoms. The Morgan fingerprint density at radius 1 is 0.583 bits per heavy atom. The van der Waals surface area contributed by atoms with E-state index in [2.05, 4.69) is 0 Å². The first-order valence-corrected chi connectivity index (χ1v) is 18.1. The molecule has 17 nitrogen and oxygen atoms in total. The lowest BCUT2D eigenvalue weighted by Crippen LogP contribution is -2.44. The molecule has 0 saturated heterocycles. The fourth-order valence-corrected chi connectivity index (χ4v) is 8.31. The van der Waals surface area contributed by atoms with Crippen molar-refractivity contribution in [2.45, 2.75) is 17.8 Å². The van der Waals surface area contributed by atoms with Gasteiger partial charge in [-0.15, -0.1) is 0 Å². The Morgan fingerprint density at radius 2 is 1.00 bits per heavy atom. The van der Waals surface area contributed by atoms with Crippen molar-refractivity contribution < 1.29 is 38.8 Å². The molecule has 0 unspecified atom stereocenters. The fourth-order valence-electron chi connectivity index (χ4n) is 8.31. The van der Waals surface area contributed by atoms with E-state index < -0.39 is 76.8 Å². The van der Waals surface area contributed by atoms with Gasteiger partial charge in [-0.3, -0.25) is 40.5 Å². The van der Waals surface area contributed by atoms with E-state index in [-0.39, 0.29) is 17.9 Å². The summed E-state index contributed by atoms with van der Waals surface area (Å²) in [4.78, 5) is 73.4. The molecular weight excluding hydrogens is 778 g/mol. The van der Waals surface area contributed by atoms with E-state index in [0.717, 1.165) is 69.9 Å². The van der Waals surface area contributed by atoms with Crippen molar-refractivity contribution in [3.8, 4) is 11.5 Å². The topological polar surface area (TPSA) is 228 Å². The van der Waals surface area contributed by atoms with Crippen LogP contribution in [0.3, 0.4) is 0 Å². The maximum atomic E-state index is 14.1. The van der Waals surface area contributed by atoms with Gasteiger partial charge in [0.2, 0.25) is 0 Å². The number of benzene rings is 6. The molecule has 0 N–H and O–H groups in total. The highest BCUT2D eigenvalue weighted by atomic mass is 16.6. The predicted octanol–water partition coefficient (Wildman–Crippen LogP) is 8.21. The summed E-state index contributed by atoms with van der Waals surface area (Å²) in [7, 11) is 3.81. The Labute approximate surface area is 338 Å². The normalized spacial score (nSPS) is 15.5. The average molecular weight is 808 g/mol. The molecule has 0 heterocycles. The molecule has 3 aliphatic carbocycles. The molecular formula is C43H29N5O12. The van der Waals surface area contributed by atoms with Crippen LogP contribution in [0.15, 0.2) is 121 Å². The van der Waals surface area contributed by atoms with E-state index >= 15 is 0 Å².